The van der Waals surface area contributed by atoms with Gasteiger partial charge in [-0.15, -0.1) is 0 Å². The van der Waals surface area contributed by atoms with Gasteiger partial charge in [0.2, 0.25) is 0 Å². The van der Waals surface area contributed by atoms with E-state index in [-0.39, 0.29) is 12.4 Å². The smallest absolute Gasteiger partial charge is 0.193 e. The fourth-order valence-corrected chi connectivity index (χ4v) is 3.03. The van der Waals surface area contributed by atoms with Gasteiger partial charge in [-0.2, -0.15) is 15.5 Å². The monoisotopic (exact) mass is 349 g/mol. The minimum absolute atomic E-state index is 0.222. The highest BCUT2D eigenvalue weighted by molar-refractivity contribution is 5.82. The molecule has 0 radical (unpaired) electrons. The molecule has 0 amide bonds. The van der Waals surface area contributed by atoms with Crippen LogP contribution in [0.25, 0.3) is 21.8 Å². The molecule has 0 saturated heterocycles. The van der Waals surface area contributed by atoms with Gasteiger partial charge >= 0.3 is 0 Å². The third-order valence-corrected chi connectivity index (χ3v) is 4.25. The van der Waals surface area contributed by atoms with Crippen LogP contribution in [0.15, 0.2) is 36.7 Å². The van der Waals surface area contributed by atoms with E-state index in [1.165, 1.54) is 0 Å². The SMILES string of the molecule is Cc1cc2cn(C)nc2c(F)c1OCCn1cc2ccc(C#N)cc2n1. The van der Waals surface area contributed by atoms with Crippen LogP contribution in [0.1, 0.15) is 11.1 Å². The molecule has 4 aromatic rings. The van der Waals surface area contributed by atoms with Gasteiger partial charge in [-0.1, -0.05) is 0 Å². The molecule has 0 bridgehead atoms. The average Bonchev–Trinajstić information content (AvgIpc) is 3.19. The van der Waals surface area contributed by atoms with Crippen LogP contribution in [0, 0.1) is 24.1 Å². The summed E-state index contributed by atoms with van der Waals surface area (Å²) in [6.45, 7) is 2.56. The van der Waals surface area contributed by atoms with Crippen molar-refractivity contribution in [1.82, 2.24) is 19.6 Å². The van der Waals surface area contributed by atoms with Crippen molar-refractivity contribution in [2.45, 2.75) is 13.5 Å². The fraction of sp³-hybridized carbons (Fsp3) is 0.211. The van der Waals surface area contributed by atoms with Crippen LogP contribution in [-0.2, 0) is 13.6 Å². The van der Waals surface area contributed by atoms with E-state index in [0.717, 1.165) is 21.9 Å². The predicted octanol–water partition coefficient (Wildman–Crippen LogP) is 3.32. The molecule has 2 aromatic carbocycles. The number of nitrogens with zero attached hydrogens (tertiary/aromatic N) is 5. The van der Waals surface area contributed by atoms with Crippen LogP contribution < -0.4 is 4.74 Å². The predicted molar refractivity (Wildman–Crippen MR) is 95.4 cm³/mol. The van der Waals surface area contributed by atoms with Crippen LogP contribution in [0.4, 0.5) is 4.39 Å². The first-order valence-electron chi connectivity index (χ1n) is 8.18. The van der Waals surface area contributed by atoms with Crippen molar-refractivity contribution in [2.75, 3.05) is 6.61 Å². The molecule has 0 fully saturated rings. The fourth-order valence-electron chi connectivity index (χ4n) is 3.03. The first-order valence-corrected chi connectivity index (χ1v) is 8.18. The van der Waals surface area contributed by atoms with Crippen molar-refractivity contribution in [3.63, 3.8) is 0 Å². The van der Waals surface area contributed by atoms with Gasteiger partial charge in [0, 0.05) is 30.2 Å². The van der Waals surface area contributed by atoms with E-state index in [1.807, 2.05) is 25.3 Å². The third kappa shape index (κ3) is 2.75. The molecule has 130 valence electrons. The number of ether oxygens (including phenoxy) is 1. The molecule has 0 aliphatic rings. The molecule has 26 heavy (non-hydrogen) atoms. The van der Waals surface area contributed by atoms with Crippen LogP contribution >= 0.6 is 0 Å². The summed E-state index contributed by atoms with van der Waals surface area (Å²) in [4.78, 5) is 0. The summed E-state index contributed by atoms with van der Waals surface area (Å²) in [5.74, 6) is -0.218. The highest BCUT2D eigenvalue weighted by Gasteiger charge is 2.15. The average molecular weight is 349 g/mol. The van der Waals surface area contributed by atoms with E-state index in [2.05, 4.69) is 16.3 Å². The summed E-state index contributed by atoms with van der Waals surface area (Å²) in [7, 11) is 1.76. The highest BCUT2D eigenvalue weighted by Crippen LogP contribution is 2.29. The lowest BCUT2D eigenvalue weighted by Crippen LogP contribution is -2.10. The lowest BCUT2D eigenvalue weighted by molar-refractivity contribution is 0.278. The van der Waals surface area contributed by atoms with Gasteiger partial charge in [0.1, 0.15) is 12.1 Å². The Morgan fingerprint density at radius 2 is 2.04 bits per heavy atom. The van der Waals surface area contributed by atoms with Crippen molar-refractivity contribution >= 4 is 21.8 Å². The molecule has 0 aliphatic heterocycles. The van der Waals surface area contributed by atoms with Crippen molar-refractivity contribution in [3.05, 3.63) is 53.6 Å². The number of nitriles is 1. The summed E-state index contributed by atoms with van der Waals surface area (Å²) >= 11 is 0. The third-order valence-electron chi connectivity index (χ3n) is 4.25. The molecule has 0 N–H and O–H groups in total. The molecule has 0 atom stereocenters. The number of fused-ring (bicyclic) bond motifs is 2. The van der Waals surface area contributed by atoms with Crippen LogP contribution in [0.2, 0.25) is 0 Å². The Kier molecular flexibility index (Phi) is 3.81. The second kappa shape index (κ2) is 6.15. The molecule has 2 aromatic heterocycles. The normalized spacial score (nSPS) is 11.2. The Hall–Kier alpha value is -3.40. The van der Waals surface area contributed by atoms with E-state index in [0.29, 0.717) is 17.6 Å². The largest absolute Gasteiger partial charge is 0.488 e. The number of benzene rings is 2. The molecular formula is C19H16FN5O. The molecule has 4 rings (SSSR count). The Bertz CT molecular complexity index is 1170. The molecule has 0 spiro atoms. The number of hydrogen-bond acceptors (Lipinski definition) is 4. The van der Waals surface area contributed by atoms with E-state index < -0.39 is 5.82 Å². The lowest BCUT2D eigenvalue weighted by Gasteiger charge is -2.10. The topological polar surface area (TPSA) is 68.7 Å². The molecule has 7 heteroatoms. The maximum atomic E-state index is 14.7. The zero-order chi connectivity index (χ0) is 18.3. The Morgan fingerprint density at radius 1 is 1.19 bits per heavy atom. The quantitative estimate of drug-likeness (QED) is 0.567. The Morgan fingerprint density at radius 3 is 2.85 bits per heavy atom. The first kappa shape index (κ1) is 16.1. The van der Waals surface area contributed by atoms with Crippen molar-refractivity contribution in [2.24, 2.45) is 7.05 Å². The van der Waals surface area contributed by atoms with Crippen molar-refractivity contribution < 1.29 is 9.13 Å². The molecule has 0 saturated carbocycles. The minimum atomic E-state index is -0.440. The second-order valence-corrected chi connectivity index (χ2v) is 6.20. The zero-order valence-electron chi connectivity index (χ0n) is 14.4. The number of aryl methyl sites for hydroxylation is 2. The van der Waals surface area contributed by atoms with E-state index in [4.69, 9.17) is 10.00 Å². The van der Waals surface area contributed by atoms with E-state index in [9.17, 15) is 4.39 Å². The number of halogens is 1. The summed E-state index contributed by atoms with van der Waals surface area (Å²) in [5.41, 5.74) is 2.36. The van der Waals surface area contributed by atoms with E-state index in [1.54, 1.807) is 34.7 Å². The van der Waals surface area contributed by atoms with Gasteiger partial charge < -0.3 is 4.74 Å². The number of rotatable bonds is 4. The van der Waals surface area contributed by atoms with Gasteiger partial charge in [-0.05, 0) is 36.8 Å². The molecule has 6 nitrogen and oxygen atoms in total. The van der Waals surface area contributed by atoms with Crippen LogP contribution in [0.5, 0.6) is 5.75 Å². The minimum Gasteiger partial charge on any atom is -0.488 e. The number of hydrogen-bond donors (Lipinski definition) is 0. The molecule has 2 heterocycles. The standard InChI is InChI=1S/C19H16FN5O/c1-12-7-15-10-24(2)23-18(15)17(20)19(12)26-6-5-25-11-14-4-3-13(9-21)8-16(14)22-25/h3-4,7-8,10-11H,5-6H2,1-2H3. The maximum absolute atomic E-state index is 14.7. The molecule has 0 unspecified atom stereocenters. The summed E-state index contributed by atoms with van der Waals surface area (Å²) in [6.07, 6.45) is 3.66. The Labute approximate surface area is 149 Å². The highest BCUT2D eigenvalue weighted by atomic mass is 19.1. The van der Waals surface area contributed by atoms with Gasteiger partial charge in [-0.3, -0.25) is 9.36 Å². The van der Waals surface area contributed by atoms with Gasteiger partial charge in [0.05, 0.1) is 23.7 Å². The molecular weight excluding hydrogens is 333 g/mol. The molecule has 0 aliphatic carbocycles. The maximum Gasteiger partial charge on any atom is 0.193 e. The first-order chi connectivity index (χ1) is 12.5. The van der Waals surface area contributed by atoms with Crippen LogP contribution in [0.3, 0.4) is 0 Å². The summed E-state index contributed by atoms with van der Waals surface area (Å²) in [6, 6.07) is 9.32. The Balaban J connectivity index is 1.53. The summed E-state index contributed by atoms with van der Waals surface area (Å²) in [5, 5.41) is 19.2. The van der Waals surface area contributed by atoms with Crippen molar-refractivity contribution in [1.29, 1.82) is 5.26 Å². The van der Waals surface area contributed by atoms with Gasteiger partial charge in [-0.25, -0.2) is 4.39 Å². The van der Waals surface area contributed by atoms with E-state index >= 15 is 0 Å². The number of aromatic nitrogens is 4. The summed E-state index contributed by atoms with van der Waals surface area (Å²) < 4.78 is 23.7. The lowest BCUT2D eigenvalue weighted by atomic mass is 10.1. The van der Waals surface area contributed by atoms with Crippen LogP contribution in [-0.4, -0.2) is 26.2 Å². The zero-order valence-corrected chi connectivity index (χ0v) is 14.4. The van der Waals surface area contributed by atoms with Gasteiger partial charge in [0.15, 0.2) is 11.6 Å². The van der Waals surface area contributed by atoms with Crippen molar-refractivity contribution in [3.8, 4) is 11.8 Å². The van der Waals surface area contributed by atoms with Gasteiger partial charge in [0.25, 0.3) is 0 Å². The second-order valence-electron chi connectivity index (χ2n) is 6.20.